The zero-order valence-electron chi connectivity index (χ0n) is 12.8. The van der Waals surface area contributed by atoms with Crippen molar-refractivity contribution < 1.29 is 4.74 Å². The Labute approximate surface area is 134 Å². The fraction of sp³-hybridized carbons (Fsp3) is 0.438. The summed E-state index contributed by atoms with van der Waals surface area (Å²) in [6.07, 6.45) is 4.73. The first-order chi connectivity index (χ1) is 10.1. The van der Waals surface area contributed by atoms with E-state index in [0.29, 0.717) is 6.04 Å². The second-order valence-corrected chi connectivity index (χ2v) is 6.18. The topological polar surface area (TPSA) is 39.1 Å². The Hall–Kier alpha value is -1.33. The van der Waals surface area contributed by atoms with E-state index in [0.717, 1.165) is 35.5 Å². The predicted molar refractivity (Wildman–Crippen MR) is 88.7 cm³/mol. The molecule has 0 fully saturated rings. The zero-order valence-corrected chi connectivity index (χ0v) is 14.4. The van der Waals surface area contributed by atoms with Crippen LogP contribution < -0.4 is 10.1 Å². The smallest absolute Gasteiger partial charge is 0.165 e. The second kappa shape index (κ2) is 7.61. The van der Waals surface area contributed by atoms with Crippen molar-refractivity contribution >= 4 is 15.9 Å². The minimum absolute atomic E-state index is 0.470. The van der Waals surface area contributed by atoms with Gasteiger partial charge in [0.05, 0.1) is 12.4 Å². The highest BCUT2D eigenvalue weighted by Gasteiger charge is 2.05. The van der Waals surface area contributed by atoms with Crippen LogP contribution in [0.1, 0.15) is 32.8 Å². The highest BCUT2D eigenvalue weighted by atomic mass is 79.9. The number of hydrogen-bond acceptors (Lipinski definition) is 3. The summed E-state index contributed by atoms with van der Waals surface area (Å²) in [4.78, 5) is 0. The third-order valence-electron chi connectivity index (χ3n) is 3.02. The number of aryl methyl sites for hydroxylation is 1. The summed E-state index contributed by atoms with van der Waals surface area (Å²) < 4.78 is 8.78. The van der Waals surface area contributed by atoms with Gasteiger partial charge in [-0.1, -0.05) is 42.8 Å². The van der Waals surface area contributed by atoms with Crippen LogP contribution in [0.4, 0.5) is 0 Å². The van der Waals surface area contributed by atoms with Crippen molar-refractivity contribution in [1.29, 1.82) is 0 Å². The summed E-state index contributed by atoms with van der Waals surface area (Å²) in [6.45, 7) is 8.15. The standard InChI is InChI=1S/C16H22BrN3O/c1-4-7-20-11-15(10-19-20)21-14-6-5-13(16(17)8-14)9-18-12(2)3/h5-6,8,10-12,18H,4,7,9H2,1-3H3. The van der Waals surface area contributed by atoms with Gasteiger partial charge in [0, 0.05) is 23.6 Å². The number of rotatable bonds is 7. The van der Waals surface area contributed by atoms with Crippen LogP contribution in [0.5, 0.6) is 11.5 Å². The van der Waals surface area contributed by atoms with Gasteiger partial charge in [-0.05, 0) is 24.1 Å². The minimum atomic E-state index is 0.470. The van der Waals surface area contributed by atoms with E-state index in [4.69, 9.17) is 4.74 Å². The molecule has 0 aliphatic rings. The maximum atomic E-state index is 5.83. The number of nitrogens with one attached hydrogen (secondary N) is 1. The van der Waals surface area contributed by atoms with Gasteiger partial charge in [-0.2, -0.15) is 5.10 Å². The van der Waals surface area contributed by atoms with Crippen LogP contribution in [-0.2, 0) is 13.1 Å². The molecule has 0 saturated carbocycles. The molecule has 2 aromatic rings. The maximum absolute atomic E-state index is 5.83. The average molecular weight is 352 g/mol. The van der Waals surface area contributed by atoms with Crippen molar-refractivity contribution in [3.05, 3.63) is 40.6 Å². The van der Waals surface area contributed by atoms with Crippen molar-refractivity contribution in [2.24, 2.45) is 0 Å². The molecule has 1 aromatic heterocycles. The predicted octanol–water partition coefficient (Wildman–Crippen LogP) is 4.35. The lowest BCUT2D eigenvalue weighted by Gasteiger charge is -2.11. The van der Waals surface area contributed by atoms with Gasteiger partial charge in [0.15, 0.2) is 5.75 Å². The molecule has 0 bridgehead atoms. The second-order valence-electron chi connectivity index (χ2n) is 5.33. The molecule has 0 aliphatic carbocycles. The van der Waals surface area contributed by atoms with Gasteiger partial charge in [0.1, 0.15) is 5.75 Å². The van der Waals surface area contributed by atoms with Gasteiger partial charge in [-0.25, -0.2) is 0 Å². The first-order valence-electron chi connectivity index (χ1n) is 7.30. The van der Waals surface area contributed by atoms with E-state index in [-0.39, 0.29) is 0 Å². The molecule has 1 aromatic carbocycles. The maximum Gasteiger partial charge on any atom is 0.165 e. The van der Waals surface area contributed by atoms with Gasteiger partial charge in [0.2, 0.25) is 0 Å². The van der Waals surface area contributed by atoms with Crippen LogP contribution in [0.15, 0.2) is 35.1 Å². The van der Waals surface area contributed by atoms with Crippen LogP contribution in [0, 0.1) is 0 Å². The molecule has 0 radical (unpaired) electrons. The minimum Gasteiger partial charge on any atom is -0.454 e. The van der Waals surface area contributed by atoms with E-state index in [1.165, 1.54) is 5.56 Å². The lowest BCUT2D eigenvalue weighted by molar-refractivity contribution is 0.479. The fourth-order valence-electron chi connectivity index (χ4n) is 1.93. The number of nitrogens with zero attached hydrogens (tertiary/aromatic N) is 2. The molecular formula is C16H22BrN3O. The third kappa shape index (κ3) is 4.86. The van der Waals surface area contributed by atoms with Gasteiger partial charge in [-0.3, -0.25) is 4.68 Å². The molecule has 0 unspecified atom stereocenters. The first kappa shape index (κ1) is 16.0. The summed E-state index contributed by atoms with van der Waals surface area (Å²) in [7, 11) is 0. The molecule has 0 atom stereocenters. The van der Waals surface area contributed by atoms with Crippen LogP contribution >= 0.6 is 15.9 Å². The number of ether oxygens (including phenoxy) is 1. The Morgan fingerprint density at radius 3 is 2.81 bits per heavy atom. The lowest BCUT2D eigenvalue weighted by Crippen LogP contribution is -2.21. The Morgan fingerprint density at radius 2 is 2.14 bits per heavy atom. The van der Waals surface area contributed by atoms with Crippen molar-refractivity contribution in [3.8, 4) is 11.5 Å². The largest absolute Gasteiger partial charge is 0.454 e. The number of benzene rings is 1. The molecule has 114 valence electrons. The van der Waals surface area contributed by atoms with E-state index in [9.17, 15) is 0 Å². The van der Waals surface area contributed by atoms with Gasteiger partial charge >= 0.3 is 0 Å². The Balaban J connectivity index is 2.01. The summed E-state index contributed by atoms with van der Waals surface area (Å²) in [5.41, 5.74) is 1.22. The molecule has 21 heavy (non-hydrogen) atoms. The summed E-state index contributed by atoms with van der Waals surface area (Å²) in [5, 5.41) is 7.67. The molecule has 1 heterocycles. The zero-order chi connectivity index (χ0) is 15.2. The highest BCUT2D eigenvalue weighted by molar-refractivity contribution is 9.10. The Morgan fingerprint density at radius 1 is 1.33 bits per heavy atom. The first-order valence-corrected chi connectivity index (χ1v) is 8.10. The van der Waals surface area contributed by atoms with E-state index in [1.807, 2.05) is 23.0 Å². The van der Waals surface area contributed by atoms with E-state index in [2.05, 4.69) is 53.2 Å². The van der Waals surface area contributed by atoms with E-state index in [1.54, 1.807) is 6.20 Å². The molecule has 0 saturated heterocycles. The van der Waals surface area contributed by atoms with Gasteiger partial charge < -0.3 is 10.1 Å². The lowest BCUT2D eigenvalue weighted by atomic mass is 10.2. The fourth-order valence-corrected chi connectivity index (χ4v) is 2.43. The van der Waals surface area contributed by atoms with Crippen molar-refractivity contribution in [2.45, 2.75) is 46.3 Å². The van der Waals surface area contributed by atoms with Crippen molar-refractivity contribution in [3.63, 3.8) is 0 Å². The summed E-state index contributed by atoms with van der Waals surface area (Å²) in [5.74, 6) is 1.58. The van der Waals surface area contributed by atoms with Crippen LogP contribution in [0.25, 0.3) is 0 Å². The number of hydrogen-bond donors (Lipinski definition) is 1. The highest BCUT2D eigenvalue weighted by Crippen LogP contribution is 2.27. The molecule has 0 amide bonds. The molecule has 4 nitrogen and oxygen atoms in total. The van der Waals surface area contributed by atoms with Gasteiger partial charge in [0.25, 0.3) is 0 Å². The summed E-state index contributed by atoms with van der Waals surface area (Å²) >= 11 is 3.60. The van der Waals surface area contributed by atoms with Crippen molar-refractivity contribution in [1.82, 2.24) is 15.1 Å². The van der Waals surface area contributed by atoms with Crippen LogP contribution in [-0.4, -0.2) is 15.8 Å². The number of aromatic nitrogens is 2. The molecule has 1 N–H and O–H groups in total. The molecule has 2 rings (SSSR count). The van der Waals surface area contributed by atoms with E-state index >= 15 is 0 Å². The average Bonchev–Trinajstić information content (AvgIpc) is 2.85. The third-order valence-corrected chi connectivity index (χ3v) is 3.76. The SMILES string of the molecule is CCCn1cc(Oc2ccc(CNC(C)C)c(Br)c2)cn1. The molecular weight excluding hydrogens is 330 g/mol. The van der Waals surface area contributed by atoms with Crippen molar-refractivity contribution in [2.75, 3.05) is 0 Å². The quantitative estimate of drug-likeness (QED) is 0.805. The van der Waals surface area contributed by atoms with Crippen LogP contribution in [0.3, 0.4) is 0 Å². The normalized spacial score (nSPS) is 11.1. The molecule has 0 aliphatic heterocycles. The molecule has 0 spiro atoms. The monoisotopic (exact) mass is 351 g/mol. The number of halogens is 1. The van der Waals surface area contributed by atoms with Crippen LogP contribution in [0.2, 0.25) is 0 Å². The molecule has 5 heteroatoms. The Bertz CT molecular complexity index is 581. The summed E-state index contributed by atoms with van der Waals surface area (Å²) in [6, 6.07) is 6.52. The van der Waals surface area contributed by atoms with Gasteiger partial charge in [-0.15, -0.1) is 0 Å². The Kier molecular flexibility index (Phi) is 5.82. The van der Waals surface area contributed by atoms with E-state index < -0.39 is 0 Å².